The van der Waals surface area contributed by atoms with Gasteiger partial charge in [0, 0.05) is 16.4 Å². The van der Waals surface area contributed by atoms with Gasteiger partial charge in [0.05, 0.1) is 0 Å². The van der Waals surface area contributed by atoms with Crippen LogP contribution in [0.5, 0.6) is 0 Å². The number of ketones is 2. The lowest BCUT2D eigenvalue weighted by atomic mass is 9.78. The number of hydrogen-bond acceptors (Lipinski definition) is 5. The second kappa shape index (κ2) is 9.74. The lowest BCUT2D eigenvalue weighted by Gasteiger charge is -2.26. The van der Waals surface area contributed by atoms with Crippen LogP contribution in [-0.2, 0) is 23.2 Å². The summed E-state index contributed by atoms with van der Waals surface area (Å²) in [6.07, 6.45) is 8.38. The minimum Gasteiger partial charge on any atom is -0.297 e. The van der Waals surface area contributed by atoms with Crippen LogP contribution < -0.4 is 0 Å². The van der Waals surface area contributed by atoms with Gasteiger partial charge in [-0.05, 0) is 24.7 Å². The third-order valence-electron chi connectivity index (χ3n) is 5.67. The Balaban J connectivity index is 1.67. The highest BCUT2D eigenvalue weighted by Crippen LogP contribution is 2.33. The summed E-state index contributed by atoms with van der Waals surface area (Å²) in [7, 11) is -2.41. The molecule has 0 heterocycles. The standard InChI is InChI=1S/C18H30O5P/c1-13-7-3-5-9-15(13)17(19)11-22-24(21)23-12-18(20)16-10-6-4-8-14(16)2/h13-16H,3-12H2,1-2H3/q+1. The van der Waals surface area contributed by atoms with E-state index in [-0.39, 0.29) is 36.6 Å². The van der Waals surface area contributed by atoms with Gasteiger partial charge in [-0.25, -0.2) is 0 Å². The molecule has 24 heavy (non-hydrogen) atoms. The minimum absolute atomic E-state index is 0.00128. The zero-order chi connectivity index (χ0) is 17.5. The Kier molecular flexibility index (Phi) is 7.99. The monoisotopic (exact) mass is 357 g/mol. The van der Waals surface area contributed by atoms with Gasteiger partial charge in [0.1, 0.15) is 0 Å². The van der Waals surface area contributed by atoms with Crippen molar-refractivity contribution in [3.63, 3.8) is 0 Å². The lowest BCUT2D eigenvalue weighted by molar-refractivity contribution is -0.127. The van der Waals surface area contributed by atoms with Crippen LogP contribution in [0.15, 0.2) is 0 Å². The third kappa shape index (κ3) is 5.72. The van der Waals surface area contributed by atoms with Crippen molar-refractivity contribution >= 4 is 19.8 Å². The molecule has 136 valence electrons. The Morgan fingerprint density at radius 1 is 0.792 bits per heavy atom. The molecule has 2 aliphatic carbocycles. The fourth-order valence-electron chi connectivity index (χ4n) is 4.07. The number of Topliss-reactive ketones (excluding diaryl/α,β-unsaturated/α-hetero) is 2. The van der Waals surface area contributed by atoms with Crippen LogP contribution in [0.2, 0.25) is 0 Å². The number of carbonyl (C=O) groups excluding carboxylic acids is 2. The Morgan fingerprint density at radius 3 is 1.54 bits per heavy atom. The van der Waals surface area contributed by atoms with Crippen LogP contribution >= 0.6 is 8.25 Å². The fraction of sp³-hybridized carbons (Fsp3) is 0.889. The van der Waals surface area contributed by atoms with Crippen molar-refractivity contribution in [1.29, 1.82) is 0 Å². The van der Waals surface area contributed by atoms with Crippen LogP contribution in [0, 0.1) is 23.7 Å². The van der Waals surface area contributed by atoms with Crippen molar-refractivity contribution in [3.05, 3.63) is 0 Å². The van der Waals surface area contributed by atoms with Crippen LogP contribution in [0.4, 0.5) is 0 Å². The van der Waals surface area contributed by atoms with E-state index in [2.05, 4.69) is 13.8 Å². The summed E-state index contributed by atoms with van der Waals surface area (Å²) in [5.41, 5.74) is 0. The molecule has 0 radical (unpaired) electrons. The summed E-state index contributed by atoms with van der Waals surface area (Å²) in [5, 5.41) is 0. The van der Waals surface area contributed by atoms with Crippen LogP contribution in [0.1, 0.15) is 65.2 Å². The highest BCUT2D eigenvalue weighted by atomic mass is 31.1. The Bertz CT molecular complexity index is 424. The van der Waals surface area contributed by atoms with Gasteiger partial charge in [-0.2, -0.15) is 0 Å². The first-order valence-electron chi connectivity index (χ1n) is 9.27. The van der Waals surface area contributed by atoms with Crippen molar-refractivity contribution in [2.45, 2.75) is 65.2 Å². The Hall–Kier alpha value is -0.640. The first-order valence-corrected chi connectivity index (χ1v) is 10.4. The molecule has 2 aliphatic rings. The topological polar surface area (TPSA) is 69.7 Å². The summed E-state index contributed by atoms with van der Waals surface area (Å²) in [6, 6.07) is 0. The van der Waals surface area contributed by atoms with Crippen molar-refractivity contribution < 1.29 is 23.2 Å². The van der Waals surface area contributed by atoms with E-state index in [9.17, 15) is 14.2 Å². The Morgan fingerprint density at radius 2 is 1.17 bits per heavy atom. The summed E-state index contributed by atoms with van der Waals surface area (Å²) >= 11 is 0. The molecule has 2 rings (SSSR count). The molecule has 0 aliphatic heterocycles. The number of rotatable bonds is 8. The second-order valence-electron chi connectivity index (χ2n) is 7.44. The van der Waals surface area contributed by atoms with Gasteiger partial charge in [0.25, 0.3) is 0 Å². The molecule has 0 amide bonds. The molecule has 0 aromatic heterocycles. The van der Waals surface area contributed by atoms with Crippen molar-refractivity contribution in [2.24, 2.45) is 23.7 Å². The van der Waals surface area contributed by atoms with E-state index in [1.54, 1.807) is 0 Å². The van der Waals surface area contributed by atoms with Crippen LogP contribution in [0.3, 0.4) is 0 Å². The maximum atomic E-state index is 12.2. The van der Waals surface area contributed by atoms with E-state index in [1.807, 2.05) is 0 Å². The van der Waals surface area contributed by atoms with Crippen molar-refractivity contribution in [2.75, 3.05) is 13.2 Å². The average Bonchev–Trinajstić information content (AvgIpc) is 2.58. The van der Waals surface area contributed by atoms with E-state index >= 15 is 0 Å². The van der Waals surface area contributed by atoms with Crippen molar-refractivity contribution in [3.8, 4) is 0 Å². The third-order valence-corrected chi connectivity index (χ3v) is 6.35. The number of hydrogen-bond donors (Lipinski definition) is 0. The average molecular weight is 357 g/mol. The second-order valence-corrected chi connectivity index (χ2v) is 8.40. The van der Waals surface area contributed by atoms with Gasteiger partial charge < -0.3 is 0 Å². The van der Waals surface area contributed by atoms with Crippen LogP contribution in [-0.4, -0.2) is 24.8 Å². The largest absolute Gasteiger partial charge is 0.698 e. The number of carbonyl (C=O) groups is 2. The summed E-state index contributed by atoms with van der Waals surface area (Å²) in [4.78, 5) is 24.3. The van der Waals surface area contributed by atoms with E-state index in [1.165, 1.54) is 12.8 Å². The molecule has 4 unspecified atom stereocenters. The maximum absolute atomic E-state index is 12.2. The lowest BCUT2D eigenvalue weighted by Crippen LogP contribution is -2.28. The van der Waals surface area contributed by atoms with Gasteiger partial charge in [-0.3, -0.25) is 9.59 Å². The molecule has 5 nitrogen and oxygen atoms in total. The molecule has 0 aromatic rings. The zero-order valence-electron chi connectivity index (χ0n) is 14.9. The summed E-state index contributed by atoms with van der Waals surface area (Å²) in [5.74, 6) is 0.743. The normalized spacial score (nSPS) is 31.5. The van der Waals surface area contributed by atoms with Gasteiger partial charge in [0.15, 0.2) is 24.8 Å². The summed E-state index contributed by atoms with van der Waals surface area (Å²) in [6.45, 7) is 3.81. The van der Waals surface area contributed by atoms with Crippen LogP contribution in [0.25, 0.3) is 0 Å². The van der Waals surface area contributed by atoms with Gasteiger partial charge >= 0.3 is 8.25 Å². The highest BCUT2D eigenvalue weighted by Gasteiger charge is 2.33. The molecule has 0 saturated heterocycles. The van der Waals surface area contributed by atoms with Gasteiger partial charge in [0.2, 0.25) is 0 Å². The van der Waals surface area contributed by atoms with Gasteiger partial charge in [-0.15, -0.1) is 9.05 Å². The van der Waals surface area contributed by atoms with Crippen molar-refractivity contribution in [1.82, 2.24) is 0 Å². The molecule has 6 heteroatoms. The van der Waals surface area contributed by atoms with E-state index in [0.29, 0.717) is 11.8 Å². The highest BCUT2D eigenvalue weighted by molar-refractivity contribution is 7.33. The predicted molar refractivity (Wildman–Crippen MR) is 91.8 cm³/mol. The van der Waals surface area contributed by atoms with E-state index in [0.717, 1.165) is 38.5 Å². The maximum Gasteiger partial charge on any atom is 0.698 e. The van der Waals surface area contributed by atoms with E-state index < -0.39 is 8.25 Å². The fourth-order valence-corrected chi connectivity index (χ4v) is 4.61. The SMILES string of the molecule is CC1CCCCC1C(=O)CO[P+](=O)OCC(=O)C1CCCCC1C. The molecular weight excluding hydrogens is 327 g/mol. The Labute approximate surface area is 145 Å². The molecule has 0 bridgehead atoms. The first-order chi connectivity index (χ1) is 11.5. The quantitative estimate of drug-likeness (QED) is 0.600. The first kappa shape index (κ1) is 19.7. The van der Waals surface area contributed by atoms with E-state index in [4.69, 9.17) is 9.05 Å². The molecule has 0 aromatic carbocycles. The predicted octanol–water partition coefficient (Wildman–Crippen LogP) is 4.47. The summed E-state index contributed by atoms with van der Waals surface area (Å²) < 4.78 is 21.9. The molecule has 0 spiro atoms. The molecular formula is C18H30O5P+. The zero-order valence-corrected chi connectivity index (χ0v) is 15.8. The molecule has 4 atom stereocenters. The van der Waals surface area contributed by atoms with Gasteiger partial charge in [-0.1, -0.05) is 52.4 Å². The minimum atomic E-state index is -2.41. The smallest absolute Gasteiger partial charge is 0.297 e. The molecule has 2 saturated carbocycles. The molecule has 2 fully saturated rings. The molecule has 0 N–H and O–H groups in total.